The Morgan fingerprint density at radius 3 is 2.24 bits per heavy atom. The lowest BCUT2D eigenvalue weighted by Gasteiger charge is -2.12. The van der Waals surface area contributed by atoms with Crippen LogP contribution in [0.1, 0.15) is 43.2 Å². The summed E-state index contributed by atoms with van der Waals surface area (Å²) in [4.78, 5) is 31.2. The van der Waals surface area contributed by atoms with Crippen molar-refractivity contribution in [2.75, 3.05) is 0 Å². The number of hydrogen-bond donors (Lipinski definition) is 0. The Balaban J connectivity index is 1.55. The molecule has 0 spiro atoms. The van der Waals surface area contributed by atoms with Gasteiger partial charge in [-0.05, 0) is 48.4 Å². The number of halogens is 3. The third-order valence-corrected chi connectivity index (χ3v) is 5.30. The molecule has 0 atom stereocenters. The summed E-state index contributed by atoms with van der Waals surface area (Å²) in [6, 6.07) is 16.6. The van der Waals surface area contributed by atoms with E-state index < -0.39 is 23.6 Å². The first-order chi connectivity index (χ1) is 15.8. The minimum Gasteiger partial charge on any atom is -0.293 e. The number of benzene rings is 2. The molecule has 2 aromatic heterocycles. The van der Waals surface area contributed by atoms with Crippen LogP contribution in [0.25, 0.3) is 5.65 Å². The van der Waals surface area contributed by atoms with E-state index >= 15 is 0 Å². The standard InChI is InChI=1S/C25H14F3N3O2/c26-25(27,28)17-7-5-6-16(14-17)11-12-21-20(29-22-10-3-4-13-30(21)22)15-31-23(32)18-8-1-2-9-19(18)24(31)33/h1-10,13-14H,15H2. The van der Waals surface area contributed by atoms with Crippen molar-refractivity contribution in [3.63, 3.8) is 0 Å². The van der Waals surface area contributed by atoms with Crippen LogP contribution in [0.4, 0.5) is 13.2 Å². The Morgan fingerprint density at radius 2 is 1.55 bits per heavy atom. The first-order valence-corrected chi connectivity index (χ1v) is 9.93. The number of imide groups is 1. The summed E-state index contributed by atoms with van der Waals surface area (Å²) in [7, 11) is 0. The van der Waals surface area contributed by atoms with Crippen molar-refractivity contribution in [1.29, 1.82) is 0 Å². The Labute approximate surface area is 186 Å². The van der Waals surface area contributed by atoms with E-state index in [1.807, 2.05) is 0 Å². The summed E-state index contributed by atoms with van der Waals surface area (Å²) >= 11 is 0. The van der Waals surface area contributed by atoms with Crippen LogP contribution in [-0.4, -0.2) is 26.1 Å². The maximum absolute atomic E-state index is 13.0. The highest BCUT2D eigenvalue weighted by Crippen LogP contribution is 2.29. The molecule has 5 nitrogen and oxygen atoms in total. The highest BCUT2D eigenvalue weighted by Gasteiger charge is 2.36. The summed E-state index contributed by atoms with van der Waals surface area (Å²) in [5.74, 6) is 4.79. The Kier molecular flexibility index (Phi) is 4.75. The third kappa shape index (κ3) is 3.64. The Morgan fingerprint density at radius 1 is 0.848 bits per heavy atom. The minimum absolute atomic E-state index is 0.110. The normalized spacial score (nSPS) is 13.2. The summed E-state index contributed by atoms with van der Waals surface area (Å²) in [6.45, 7) is -0.110. The van der Waals surface area contributed by atoms with Crippen molar-refractivity contribution < 1.29 is 22.8 Å². The molecule has 1 aliphatic heterocycles. The molecule has 1 aliphatic rings. The molecule has 0 radical (unpaired) electrons. The molecule has 8 heteroatoms. The zero-order valence-electron chi connectivity index (χ0n) is 16.9. The molecule has 0 unspecified atom stereocenters. The van der Waals surface area contributed by atoms with Gasteiger partial charge in [0.1, 0.15) is 11.3 Å². The molecule has 3 heterocycles. The summed E-state index contributed by atoms with van der Waals surface area (Å²) < 4.78 is 40.8. The van der Waals surface area contributed by atoms with Gasteiger partial charge in [0.15, 0.2) is 0 Å². The second kappa shape index (κ2) is 7.64. The molecule has 0 aliphatic carbocycles. The molecule has 2 amide bonds. The van der Waals surface area contributed by atoms with Crippen LogP contribution in [0, 0.1) is 11.8 Å². The van der Waals surface area contributed by atoms with Gasteiger partial charge in [0.25, 0.3) is 11.8 Å². The van der Waals surface area contributed by atoms with Crippen LogP contribution in [-0.2, 0) is 12.7 Å². The molecule has 0 bridgehead atoms. The van der Waals surface area contributed by atoms with Gasteiger partial charge in [-0.15, -0.1) is 0 Å². The highest BCUT2D eigenvalue weighted by atomic mass is 19.4. The molecule has 162 valence electrons. The van der Waals surface area contributed by atoms with E-state index in [0.717, 1.165) is 17.0 Å². The van der Waals surface area contributed by atoms with Crippen LogP contribution < -0.4 is 0 Å². The van der Waals surface area contributed by atoms with Crippen molar-refractivity contribution >= 4 is 17.5 Å². The van der Waals surface area contributed by atoms with Crippen LogP contribution in [0.3, 0.4) is 0 Å². The predicted molar refractivity (Wildman–Crippen MR) is 113 cm³/mol. The number of hydrogen-bond acceptors (Lipinski definition) is 3. The lowest BCUT2D eigenvalue weighted by Crippen LogP contribution is -2.29. The molecule has 4 aromatic rings. The van der Waals surface area contributed by atoms with E-state index in [0.29, 0.717) is 28.2 Å². The third-order valence-electron chi connectivity index (χ3n) is 5.30. The van der Waals surface area contributed by atoms with Crippen molar-refractivity contribution in [3.8, 4) is 11.8 Å². The van der Waals surface area contributed by atoms with Gasteiger partial charge < -0.3 is 0 Å². The number of aromatic nitrogens is 2. The van der Waals surface area contributed by atoms with Gasteiger partial charge in [-0.1, -0.05) is 30.2 Å². The van der Waals surface area contributed by atoms with E-state index in [-0.39, 0.29) is 12.1 Å². The van der Waals surface area contributed by atoms with Gasteiger partial charge in [0.05, 0.1) is 28.9 Å². The van der Waals surface area contributed by atoms with Gasteiger partial charge in [0.2, 0.25) is 0 Å². The summed E-state index contributed by atoms with van der Waals surface area (Å²) in [5.41, 5.74) is 1.33. The van der Waals surface area contributed by atoms with E-state index in [1.165, 1.54) is 12.1 Å². The monoisotopic (exact) mass is 445 g/mol. The van der Waals surface area contributed by atoms with Crippen molar-refractivity contribution in [2.45, 2.75) is 12.7 Å². The fourth-order valence-corrected chi connectivity index (χ4v) is 3.72. The number of amides is 2. The minimum atomic E-state index is -4.47. The van der Waals surface area contributed by atoms with E-state index in [2.05, 4.69) is 16.8 Å². The average Bonchev–Trinajstić information content (AvgIpc) is 3.28. The second-order valence-electron chi connectivity index (χ2n) is 7.41. The lowest BCUT2D eigenvalue weighted by molar-refractivity contribution is -0.137. The molecule has 0 fully saturated rings. The van der Waals surface area contributed by atoms with Crippen molar-refractivity contribution in [3.05, 3.63) is 107 Å². The first kappa shape index (κ1) is 20.5. The number of nitrogens with zero attached hydrogens (tertiary/aromatic N) is 3. The van der Waals surface area contributed by atoms with Crippen LogP contribution in [0.2, 0.25) is 0 Å². The van der Waals surface area contributed by atoms with Crippen molar-refractivity contribution in [2.24, 2.45) is 0 Å². The molecule has 0 saturated heterocycles. The van der Waals surface area contributed by atoms with Crippen LogP contribution in [0.5, 0.6) is 0 Å². The number of pyridine rings is 1. The maximum atomic E-state index is 13.0. The lowest BCUT2D eigenvalue weighted by atomic mass is 10.1. The fraction of sp³-hybridized carbons (Fsp3) is 0.0800. The number of rotatable bonds is 2. The molecule has 2 aromatic carbocycles. The SMILES string of the molecule is O=C1c2ccccc2C(=O)N1Cc1nc2ccccn2c1C#Cc1cccc(C(F)(F)F)c1. The number of carbonyl (C=O) groups excluding carboxylic acids is 2. The molecule has 0 saturated carbocycles. The number of imidazole rings is 1. The second-order valence-corrected chi connectivity index (χ2v) is 7.41. The van der Waals surface area contributed by atoms with E-state index in [9.17, 15) is 22.8 Å². The summed E-state index contributed by atoms with van der Waals surface area (Å²) in [5, 5.41) is 0. The summed E-state index contributed by atoms with van der Waals surface area (Å²) in [6.07, 6.45) is -2.76. The largest absolute Gasteiger partial charge is 0.416 e. The van der Waals surface area contributed by atoms with Gasteiger partial charge in [0, 0.05) is 11.8 Å². The maximum Gasteiger partial charge on any atom is 0.416 e. The Bertz CT molecular complexity index is 1460. The van der Waals surface area contributed by atoms with Crippen molar-refractivity contribution in [1.82, 2.24) is 14.3 Å². The highest BCUT2D eigenvalue weighted by molar-refractivity contribution is 6.21. The molecular weight excluding hydrogens is 431 g/mol. The number of carbonyl (C=O) groups is 2. The van der Waals surface area contributed by atoms with Crippen LogP contribution >= 0.6 is 0 Å². The van der Waals surface area contributed by atoms with E-state index in [1.54, 1.807) is 53.1 Å². The molecule has 33 heavy (non-hydrogen) atoms. The topological polar surface area (TPSA) is 54.7 Å². The number of alkyl halides is 3. The van der Waals surface area contributed by atoms with Crippen LogP contribution in [0.15, 0.2) is 72.9 Å². The van der Waals surface area contributed by atoms with E-state index in [4.69, 9.17) is 0 Å². The molecule has 5 rings (SSSR count). The Hall–Kier alpha value is -4.38. The molecule has 0 N–H and O–H groups in total. The molecular formula is C25H14F3N3O2. The van der Waals surface area contributed by atoms with Gasteiger partial charge in [-0.25, -0.2) is 4.98 Å². The van der Waals surface area contributed by atoms with Gasteiger partial charge in [-0.3, -0.25) is 18.9 Å². The first-order valence-electron chi connectivity index (χ1n) is 9.93. The zero-order valence-corrected chi connectivity index (χ0v) is 16.9. The van der Waals surface area contributed by atoms with Gasteiger partial charge in [-0.2, -0.15) is 13.2 Å². The van der Waals surface area contributed by atoms with Gasteiger partial charge >= 0.3 is 6.18 Å². The smallest absolute Gasteiger partial charge is 0.293 e. The quantitative estimate of drug-likeness (QED) is 0.336. The predicted octanol–water partition coefficient (Wildman–Crippen LogP) is 4.55. The average molecular weight is 445 g/mol. The zero-order chi connectivity index (χ0) is 23.2. The number of fused-ring (bicyclic) bond motifs is 2. The fourth-order valence-electron chi connectivity index (χ4n) is 3.72.